The Morgan fingerprint density at radius 2 is 1.79 bits per heavy atom. The summed E-state index contributed by atoms with van der Waals surface area (Å²) in [6.45, 7) is 1.52. The molecule has 126 valence electrons. The molecule has 0 bridgehead atoms. The van der Waals surface area contributed by atoms with Gasteiger partial charge in [-0.1, -0.05) is 6.07 Å². The van der Waals surface area contributed by atoms with Gasteiger partial charge in [0.15, 0.2) is 0 Å². The fraction of sp³-hybridized carbons (Fsp3) is 0.133. The molecule has 1 amide bonds. The molecule has 8 nitrogen and oxygen atoms in total. The third-order valence-corrected chi connectivity index (χ3v) is 4.42. The number of benzene rings is 2. The van der Waals surface area contributed by atoms with E-state index < -0.39 is 20.9 Å². The van der Waals surface area contributed by atoms with Gasteiger partial charge in [0, 0.05) is 29.1 Å². The molecule has 0 aliphatic carbocycles. The quantitative estimate of drug-likeness (QED) is 0.614. The number of non-ortho nitro benzene ring substituents is 1. The lowest BCUT2D eigenvalue weighted by Gasteiger charge is -2.08. The molecule has 0 fully saturated rings. The molecule has 9 heteroatoms. The number of amides is 1. The Morgan fingerprint density at radius 1 is 1.12 bits per heavy atom. The molecule has 2 rings (SSSR count). The average molecular weight is 349 g/mol. The molecule has 2 N–H and O–H groups in total. The Bertz CT molecular complexity index is 863. The number of carbonyl (C=O) groups is 1. The molecular formula is C15H15N3O5S. The number of nitrogens with one attached hydrogen (secondary N) is 2. The van der Waals surface area contributed by atoms with E-state index >= 15 is 0 Å². The predicted molar refractivity (Wildman–Crippen MR) is 90.6 cm³/mol. The Hall–Kier alpha value is -2.94. The van der Waals surface area contributed by atoms with Crippen molar-refractivity contribution in [3.05, 3.63) is 64.2 Å². The lowest BCUT2D eigenvalue weighted by Crippen LogP contribution is -2.15. The van der Waals surface area contributed by atoms with E-state index in [0.717, 1.165) is 0 Å². The molecule has 0 unspecified atom stereocenters. The molecule has 0 aliphatic heterocycles. The van der Waals surface area contributed by atoms with E-state index in [2.05, 4.69) is 10.0 Å². The largest absolute Gasteiger partial charge is 0.322 e. The van der Waals surface area contributed by atoms with Crippen molar-refractivity contribution in [3.63, 3.8) is 0 Å². The van der Waals surface area contributed by atoms with Gasteiger partial charge in [0.05, 0.1) is 10.7 Å². The zero-order valence-electron chi connectivity index (χ0n) is 12.7. The highest BCUT2D eigenvalue weighted by molar-refractivity contribution is 7.92. The van der Waals surface area contributed by atoms with Crippen molar-refractivity contribution < 1.29 is 18.1 Å². The predicted octanol–water partition coefficient (Wildman–Crippen LogP) is 2.61. The Balaban J connectivity index is 2.10. The molecular weight excluding hydrogens is 334 g/mol. The molecule has 24 heavy (non-hydrogen) atoms. The minimum atomic E-state index is -3.38. The van der Waals surface area contributed by atoms with Crippen LogP contribution in [0.4, 0.5) is 17.1 Å². The van der Waals surface area contributed by atoms with E-state index in [4.69, 9.17) is 0 Å². The molecule has 0 spiro atoms. The van der Waals surface area contributed by atoms with Crippen molar-refractivity contribution in [1.29, 1.82) is 0 Å². The van der Waals surface area contributed by atoms with Crippen molar-refractivity contribution >= 4 is 33.0 Å². The van der Waals surface area contributed by atoms with Crippen molar-refractivity contribution in [2.24, 2.45) is 0 Å². The fourth-order valence-corrected chi connectivity index (χ4v) is 2.48. The minimum absolute atomic E-state index is 0.0535. The van der Waals surface area contributed by atoms with Gasteiger partial charge < -0.3 is 5.32 Å². The second-order valence-electron chi connectivity index (χ2n) is 4.84. The number of sulfonamides is 1. The lowest BCUT2D eigenvalue weighted by molar-refractivity contribution is -0.384. The van der Waals surface area contributed by atoms with Gasteiger partial charge in [0.2, 0.25) is 10.0 Å². The third-order valence-electron chi connectivity index (χ3n) is 3.12. The highest BCUT2D eigenvalue weighted by Crippen LogP contribution is 2.18. The number of nitro benzene ring substituents is 1. The van der Waals surface area contributed by atoms with Crippen LogP contribution in [-0.2, 0) is 10.0 Å². The van der Waals surface area contributed by atoms with Crippen LogP contribution in [0.3, 0.4) is 0 Å². The average Bonchev–Trinajstić information content (AvgIpc) is 2.55. The maximum Gasteiger partial charge on any atom is 0.271 e. The summed E-state index contributed by atoms with van der Waals surface area (Å²) in [7, 11) is -3.38. The van der Waals surface area contributed by atoms with Gasteiger partial charge in [-0.25, -0.2) is 8.42 Å². The number of anilines is 2. The molecule has 0 radical (unpaired) electrons. The van der Waals surface area contributed by atoms with Crippen molar-refractivity contribution in [3.8, 4) is 0 Å². The molecule has 0 aromatic heterocycles. The molecule has 0 heterocycles. The van der Waals surface area contributed by atoms with Crippen LogP contribution in [0.1, 0.15) is 17.3 Å². The van der Waals surface area contributed by atoms with E-state index in [1.165, 1.54) is 55.5 Å². The van der Waals surface area contributed by atoms with Crippen molar-refractivity contribution in [1.82, 2.24) is 0 Å². The number of rotatable bonds is 6. The molecule has 0 aliphatic rings. The Kier molecular flexibility index (Phi) is 5.14. The normalized spacial score (nSPS) is 10.9. The van der Waals surface area contributed by atoms with Crippen LogP contribution in [-0.4, -0.2) is 25.0 Å². The van der Waals surface area contributed by atoms with E-state index in [1.807, 2.05) is 0 Å². The second-order valence-corrected chi connectivity index (χ2v) is 6.86. The first-order valence-electron chi connectivity index (χ1n) is 6.97. The highest BCUT2D eigenvalue weighted by Gasteiger charge is 2.11. The maximum absolute atomic E-state index is 12.1. The summed E-state index contributed by atoms with van der Waals surface area (Å²) >= 11 is 0. The van der Waals surface area contributed by atoms with Crippen LogP contribution in [0.2, 0.25) is 0 Å². The first kappa shape index (κ1) is 17.4. The lowest BCUT2D eigenvalue weighted by atomic mass is 10.2. The number of hydrogen-bond donors (Lipinski definition) is 2. The van der Waals surface area contributed by atoms with Crippen LogP contribution < -0.4 is 10.0 Å². The monoisotopic (exact) mass is 349 g/mol. The number of hydrogen-bond acceptors (Lipinski definition) is 5. The molecule has 0 saturated heterocycles. The number of nitrogens with zero attached hydrogens (tertiary/aromatic N) is 1. The first-order valence-corrected chi connectivity index (χ1v) is 8.62. The van der Waals surface area contributed by atoms with Crippen LogP contribution >= 0.6 is 0 Å². The zero-order chi connectivity index (χ0) is 17.7. The number of nitro groups is 1. The minimum Gasteiger partial charge on any atom is -0.322 e. The summed E-state index contributed by atoms with van der Waals surface area (Å²) in [5.41, 5.74) is 0.812. The highest BCUT2D eigenvalue weighted by atomic mass is 32.2. The van der Waals surface area contributed by atoms with E-state index in [9.17, 15) is 23.3 Å². The SMILES string of the molecule is CCS(=O)(=O)Nc1ccc(C(=O)Nc2cccc([N+](=O)[O-])c2)cc1. The molecule has 2 aromatic rings. The van der Waals surface area contributed by atoms with E-state index in [-0.39, 0.29) is 11.4 Å². The number of carbonyl (C=O) groups excluding carboxylic acids is 1. The van der Waals surface area contributed by atoms with Crippen LogP contribution in [0.25, 0.3) is 0 Å². The fourth-order valence-electron chi connectivity index (χ4n) is 1.84. The van der Waals surface area contributed by atoms with Gasteiger partial charge in [-0.3, -0.25) is 19.6 Å². The van der Waals surface area contributed by atoms with Gasteiger partial charge in [-0.15, -0.1) is 0 Å². The topological polar surface area (TPSA) is 118 Å². The summed E-state index contributed by atoms with van der Waals surface area (Å²) in [4.78, 5) is 22.3. The van der Waals surface area contributed by atoms with Crippen LogP contribution in [0.15, 0.2) is 48.5 Å². The standard InChI is InChI=1S/C15H15N3O5S/c1-2-24(22,23)17-12-8-6-11(7-9-12)15(19)16-13-4-3-5-14(10-13)18(20)21/h3-10,17H,2H2,1H3,(H,16,19). The summed E-state index contributed by atoms with van der Waals surface area (Å²) in [6, 6.07) is 11.4. The zero-order valence-corrected chi connectivity index (χ0v) is 13.5. The van der Waals surface area contributed by atoms with E-state index in [1.54, 1.807) is 0 Å². The van der Waals surface area contributed by atoms with Gasteiger partial charge in [0.25, 0.3) is 11.6 Å². The molecule has 0 atom stereocenters. The summed E-state index contributed by atoms with van der Waals surface area (Å²) in [6.07, 6.45) is 0. The summed E-state index contributed by atoms with van der Waals surface area (Å²) in [5.74, 6) is -0.512. The second kappa shape index (κ2) is 7.09. The van der Waals surface area contributed by atoms with E-state index in [0.29, 0.717) is 16.9 Å². The smallest absolute Gasteiger partial charge is 0.271 e. The van der Waals surface area contributed by atoms with Crippen molar-refractivity contribution in [2.75, 3.05) is 15.8 Å². The van der Waals surface area contributed by atoms with Crippen LogP contribution in [0.5, 0.6) is 0 Å². The van der Waals surface area contributed by atoms with Gasteiger partial charge in [-0.05, 0) is 37.3 Å². The Morgan fingerprint density at radius 3 is 2.38 bits per heavy atom. The summed E-state index contributed by atoms with van der Waals surface area (Å²) in [5, 5.41) is 13.3. The molecule has 2 aromatic carbocycles. The van der Waals surface area contributed by atoms with Gasteiger partial charge in [-0.2, -0.15) is 0 Å². The van der Waals surface area contributed by atoms with Crippen molar-refractivity contribution in [2.45, 2.75) is 6.92 Å². The van der Waals surface area contributed by atoms with Gasteiger partial charge in [0.1, 0.15) is 0 Å². The molecule has 0 saturated carbocycles. The first-order chi connectivity index (χ1) is 11.3. The Labute approximate surface area is 138 Å². The summed E-state index contributed by atoms with van der Waals surface area (Å²) < 4.78 is 25.3. The van der Waals surface area contributed by atoms with Gasteiger partial charge >= 0.3 is 0 Å². The van der Waals surface area contributed by atoms with Crippen LogP contribution in [0, 0.1) is 10.1 Å². The third kappa shape index (κ3) is 4.53. The maximum atomic E-state index is 12.1.